The SMILES string of the molecule is CCC(CC)c1ccccc1C1(C(C)N)CC1. The predicted molar refractivity (Wildman–Crippen MR) is 74.3 cm³/mol. The Morgan fingerprint density at radius 2 is 1.76 bits per heavy atom. The van der Waals surface area contributed by atoms with Crippen LogP contribution in [0.2, 0.25) is 0 Å². The van der Waals surface area contributed by atoms with Crippen LogP contribution >= 0.6 is 0 Å². The van der Waals surface area contributed by atoms with Crippen molar-refractivity contribution < 1.29 is 0 Å². The molecule has 1 atom stereocenters. The second kappa shape index (κ2) is 4.81. The zero-order valence-electron chi connectivity index (χ0n) is 11.4. The average molecular weight is 231 g/mol. The molecule has 1 nitrogen and oxygen atoms in total. The van der Waals surface area contributed by atoms with Gasteiger partial charge in [-0.05, 0) is 49.7 Å². The highest BCUT2D eigenvalue weighted by molar-refractivity contribution is 5.42. The molecule has 1 aliphatic carbocycles. The van der Waals surface area contributed by atoms with E-state index in [0.29, 0.717) is 11.3 Å². The molecule has 2 N–H and O–H groups in total. The van der Waals surface area contributed by atoms with Crippen LogP contribution in [0.15, 0.2) is 24.3 Å². The van der Waals surface area contributed by atoms with Crippen molar-refractivity contribution in [2.75, 3.05) is 0 Å². The van der Waals surface area contributed by atoms with Gasteiger partial charge in [-0.15, -0.1) is 0 Å². The molecule has 0 bridgehead atoms. The molecular formula is C16H25N. The highest BCUT2D eigenvalue weighted by Gasteiger charge is 2.48. The summed E-state index contributed by atoms with van der Waals surface area (Å²) in [5.41, 5.74) is 9.59. The van der Waals surface area contributed by atoms with E-state index in [-0.39, 0.29) is 6.04 Å². The van der Waals surface area contributed by atoms with Crippen molar-refractivity contribution in [3.05, 3.63) is 35.4 Å². The summed E-state index contributed by atoms with van der Waals surface area (Å²) in [6.07, 6.45) is 4.98. The second-order valence-electron chi connectivity index (χ2n) is 5.55. The van der Waals surface area contributed by atoms with Crippen LogP contribution in [0.25, 0.3) is 0 Å². The maximum absolute atomic E-state index is 6.22. The van der Waals surface area contributed by atoms with Gasteiger partial charge in [0.25, 0.3) is 0 Å². The minimum atomic E-state index is 0.276. The van der Waals surface area contributed by atoms with Crippen molar-refractivity contribution in [3.8, 4) is 0 Å². The largest absolute Gasteiger partial charge is 0.327 e. The summed E-state index contributed by atoms with van der Waals surface area (Å²) in [4.78, 5) is 0. The molecule has 0 heterocycles. The number of hydrogen-bond donors (Lipinski definition) is 1. The topological polar surface area (TPSA) is 26.0 Å². The summed E-state index contributed by atoms with van der Waals surface area (Å²) in [5.74, 6) is 0.697. The van der Waals surface area contributed by atoms with Crippen molar-refractivity contribution in [2.45, 2.75) is 63.8 Å². The van der Waals surface area contributed by atoms with Crippen LogP contribution < -0.4 is 5.73 Å². The van der Waals surface area contributed by atoms with Crippen molar-refractivity contribution in [3.63, 3.8) is 0 Å². The first kappa shape index (κ1) is 12.6. The van der Waals surface area contributed by atoms with E-state index in [2.05, 4.69) is 45.0 Å². The average Bonchev–Trinajstić information content (AvgIpc) is 3.12. The van der Waals surface area contributed by atoms with E-state index in [0.717, 1.165) is 0 Å². The Balaban J connectivity index is 2.41. The van der Waals surface area contributed by atoms with Gasteiger partial charge in [0.05, 0.1) is 0 Å². The minimum absolute atomic E-state index is 0.276. The Morgan fingerprint density at radius 3 is 2.24 bits per heavy atom. The number of nitrogens with two attached hydrogens (primary N) is 1. The van der Waals surface area contributed by atoms with Gasteiger partial charge in [0.2, 0.25) is 0 Å². The molecule has 0 radical (unpaired) electrons. The lowest BCUT2D eigenvalue weighted by Crippen LogP contribution is -2.32. The predicted octanol–water partition coefficient (Wildman–Crippen LogP) is 3.97. The third-order valence-corrected chi connectivity index (χ3v) is 4.58. The van der Waals surface area contributed by atoms with Gasteiger partial charge in [-0.1, -0.05) is 38.1 Å². The number of hydrogen-bond acceptors (Lipinski definition) is 1. The van der Waals surface area contributed by atoms with Gasteiger partial charge in [-0.3, -0.25) is 0 Å². The molecule has 1 heteroatoms. The van der Waals surface area contributed by atoms with E-state index in [1.807, 2.05) is 0 Å². The maximum Gasteiger partial charge on any atom is 0.0108 e. The zero-order valence-corrected chi connectivity index (χ0v) is 11.4. The van der Waals surface area contributed by atoms with Gasteiger partial charge in [-0.25, -0.2) is 0 Å². The van der Waals surface area contributed by atoms with Crippen molar-refractivity contribution in [1.29, 1.82) is 0 Å². The molecule has 0 amide bonds. The Bertz CT molecular complexity index is 373. The molecule has 0 aliphatic heterocycles. The monoisotopic (exact) mass is 231 g/mol. The molecule has 1 saturated carbocycles. The van der Waals surface area contributed by atoms with Crippen LogP contribution in [0.5, 0.6) is 0 Å². The van der Waals surface area contributed by atoms with Crippen LogP contribution in [0.3, 0.4) is 0 Å². The van der Waals surface area contributed by atoms with E-state index < -0.39 is 0 Å². The van der Waals surface area contributed by atoms with Gasteiger partial charge in [0.1, 0.15) is 0 Å². The smallest absolute Gasteiger partial charge is 0.0108 e. The molecule has 1 unspecified atom stereocenters. The van der Waals surface area contributed by atoms with Crippen molar-refractivity contribution >= 4 is 0 Å². The Labute approximate surface area is 105 Å². The summed E-state index contributed by atoms with van der Waals surface area (Å²) in [5, 5.41) is 0. The maximum atomic E-state index is 6.22. The minimum Gasteiger partial charge on any atom is -0.327 e. The van der Waals surface area contributed by atoms with Crippen molar-refractivity contribution in [2.24, 2.45) is 5.73 Å². The molecule has 0 aromatic heterocycles. The number of benzene rings is 1. The van der Waals surface area contributed by atoms with Gasteiger partial charge < -0.3 is 5.73 Å². The first-order chi connectivity index (χ1) is 8.15. The molecule has 1 aromatic carbocycles. The van der Waals surface area contributed by atoms with E-state index in [1.54, 1.807) is 5.56 Å². The molecular weight excluding hydrogens is 206 g/mol. The summed E-state index contributed by atoms with van der Waals surface area (Å²) >= 11 is 0. The second-order valence-corrected chi connectivity index (χ2v) is 5.55. The fourth-order valence-corrected chi connectivity index (χ4v) is 3.14. The Morgan fingerprint density at radius 1 is 1.18 bits per heavy atom. The Hall–Kier alpha value is -0.820. The van der Waals surface area contributed by atoms with E-state index in [1.165, 1.54) is 31.2 Å². The first-order valence-electron chi connectivity index (χ1n) is 7.00. The Kier molecular flexibility index (Phi) is 3.58. The number of rotatable bonds is 5. The van der Waals surface area contributed by atoms with Gasteiger partial charge in [0.15, 0.2) is 0 Å². The standard InChI is InChI=1S/C16H25N/c1-4-13(5-2)14-8-6-7-9-15(14)16(10-11-16)12(3)17/h6-9,12-13H,4-5,10-11,17H2,1-3H3. The third-order valence-electron chi connectivity index (χ3n) is 4.58. The fourth-order valence-electron chi connectivity index (χ4n) is 3.14. The molecule has 1 fully saturated rings. The van der Waals surface area contributed by atoms with Crippen LogP contribution in [-0.4, -0.2) is 6.04 Å². The fraction of sp³-hybridized carbons (Fsp3) is 0.625. The summed E-state index contributed by atoms with van der Waals surface area (Å²) in [7, 11) is 0. The van der Waals surface area contributed by atoms with Crippen LogP contribution in [0.1, 0.15) is 63.5 Å². The molecule has 17 heavy (non-hydrogen) atoms. The highest BCUT2D eigenvalue weighted by atomic mass is 14.7. The van der Waals surface area contributed by atoms with Crippen LogP contribution in [0, 0.1) is 0 Å². The van der Waals surface area contributed by atoms with E-state index in [4.69, 9.17) is 5.73 Å². The van der Waals surface area contributed by atoms with Crippen LogP contribution in [0.4, 0.5) is 0 Å². The summed E-state index contributed by atoms with van der Waals surface area (Å²) < 4.78 is 0. The molecule has 0 saturated heterocycles. The quantitative estimate of drug-likeness (QED) is 0.815. The third kappa shape index (κ3) is 2.13. The van der Waals surface area contributed by atoms with Gasteiger partial charge in [0, 0.05) is 11.5 Å². The normalized spacial score (nSPS) is 19.4. The first-order valence-corrected chi connectivity index (χ1v) is 7.00. The van der Waals surface area contributed by atoms with Crippen LogP contribution in [-0.2, 0) is 5.41 Å². The van der Waals surface area contributed by atoms with E-state index in [9.17, 15) is 0 Å². The molecule has 94 valence electrons. The molecule has 1 aliphatic rings. The van der Waals surface area contributed by atoms with Crippen molar-refractivity contribution in [1.82, 2.24) is 0 Å². The highest BCUT2D eigenvalue weighted by Crippen LogP contribution is 2.52. The summed E-state index contributed by atoms with van der Waals surface area (Å²) in [6.45, 7) is 6.74. The van der Waals surface area contributed by atoms with E-state index >= 15 is 0 Å². The lowest BCUT2D eigenvalue weighted by atomic mass is 9.80. The van der Waals surface area contributed by atoms with Gasteiger partial charge >= 0.3 is 0 Å². The summed E-state index contributed by atoms with van der Waals surface area (Å²) in [6, 6.07) is 9.25. The lowest BCUT2D eigenvalue weighted by Gasteiger charge is -2.26. The molecule has 1 aromatic rings. The zero-order chi connectivity index (χ0) is 12.5. The van der Waals surface area contributed by atoms with Gasteiger partial charge in [-0.2, -0.15) is 0 Å². The lowest BCUT2D eigenvalue weighted by molar-refractivity contribution is 0.537. The molecule has 0 spiro atoms. The molecule has 2 rings (SSSR count).